The number of benzene rings is 2. The molecule has 0 bridgehead atoms. The number of carbonyl (C=O) groups is 2. The van der Waals surface area contributed by atoms with Crippen molar-refractivity contribution >= 4 is 11.9 Å². The van der Waals surface area contributed by atoms with E-state index in [1.165, 1.54) is 31.4 Å². The minimum atomic E-state index is -1.19. The molecule has 0 aliphatic carbocycles. The fraction of sp³-hybridized carbons (Fsp3) is 0.263. The summed E-state index contributed by atoms with van der Waals surface area (Å²) in [5.74, 6) is -3.03. The van der Waals surface area contributed by atoms with Crippen LogP contribution in [0.2, 0.25) is 0 Å². The molecule has 2 rings (SSSR count). The number of carbonyl (C=O) groups excluding carboxylic acids is 1. The Kier molecular flexibility index (Phi) is 5.92. The zero-order valence-corrected chi connectivity index (χ0v) is 14.6. The fourth-order valence-electron chi connectivity index (χ4n) is 2.50. The number of rotatable bonds is 6. The standard InChI is InChI=1S/C19H19F2NO4/c1-11(2)22(10-18(23)24)19(25)15-6-4-12(8-16(15)20)14-7-5-13(26-3)9-17(14)21/h4-9,11H,10H2,1-3H3,(H,23,24). The number of halogens is 2. The lowest BCUT2D eigenvalue weighted by Crippen LogP contribution is -2.41. The molecule has 0 unspecified atom stereocenters. The quantitative estimate of drug-likeness (QED) is 0.852. The maximum atomic E-state index is 14.5. The molecule has 5 nitrogen and oxygen atoms in total. The molecule has 138 valence electrons. The highest BCUT2D eigenvalue weighted by molar-refractivity contribution is 5.96. The van der Waals surface area contributed by atoms with Gasteiger partial charge >= 0.3 is 5.97 Å². The van der Waals surface area contributed by atoms with Gasteiger partial charge in [-0.2, -0.15) is 0 Å². The highest BCUT2D eigenvalue weighted by Crippen LogP contribution is 2.28. The van der Waals surface area contributed by atoms with Gasteiger partial charge in [0, 0.05) is 17.7 Å². The number of methoxy groups -OCH3 is 1. The first kappa shape index (κ1) is 19.4. The number of ether oxygens (including phenoxy) is 1. The van der Waals surface area contributed by atoms with Gasteiger partial charge in [-0.15, -0.1) is 0 Å². The van der Waals surface area contributed by atoms with Crippen molar-refractivity contribution < 1.29 is 28.2 Å². The van der Waals surface area contributed by atoms with Crippen molar-refractivity contribution in [1.29, 1.82) is 0 Å². The van der Waals surface area contributed by atoms with Crippen molar-refractivity contribution in [2.45, 2.75) is 19.9 Å². The van der Waals surface area contributed by atoms with Crippen LogP contribution in [-0.2, 0) is 4.79 Å². The molecule has 1 N–H and O–H groups in total. The average Bonchev–Trinajstić information content (AvgIpc) is 2.58. The zero-order valence-electron chi connectivity index (χ0n) is 14.6. The van der Waals surface area contributed by atoms with Gasteiger partial charge in [0.2, 0.25) is 0 Å². The third kappa shape index (κ3) is 4.17. The van der Waals surface area contributed by atoms with Crippen LogP contribution in [0.4, 0.5) is 8.78 Å². The summed E-state index contributed by atoms with van der Waals surface area (Å²) in [5, 5.41) is 8.92. The summed E-state index contributed by atoms with van der Waals surface area (Å²) in [5.41, 5.74) is 0.154. The van der Waals surface area contributed by atoms with Crippen molar-refractivity contribution in [2.24, 2.45) is 0 Å². The molecule has 0 radical (unpaired) electrons. The Bertz CT molecular complexity index is 836. The molecule has 2 aromatic rings. The lowest BCUT2D eigenvalue weighted by molar-refractivity contribution is -0.138. The number of carboxylic acid groups (broad SMARTS) is 1. The molecule has 0 saturated heterocycles. The Morgan fingerprint density at radius 3 is 2.31 bits per heavy atom. The van der Waals surface area contributed by atoms with Gasteiger partial charge in [0.25, 0.3) is 5.91 Å². The Morgan fingerprint density at radius 1 is 1.12 bits per heavy atom. The maximum Gasteiger partial charge on any atom is 0.323 e. The van der Waals surface area contributed by atoms with Crippen LogP contribution in [0.25, 0.3) is 11.1 Å². The molecule has 1 amide bonds. The monoisotopic (exact) mass is 363 g/mol. The smallest absolute Gasteiger partial charge is 0.323 e. The van der Waals surface area contributed by atoms with E-state index in [0.29, 0.717) is 5.75 Å². The number of aliphatic carboxylic acids is 1. The van der Waals surface area contributed by atoms with E-state index < -0.39 is 36.1 Å². The normalized spacial score (nSPS) is 10.7. The summed E-state index contributed by atoms with van der Waals surface area (Å²) < 4.78 is 33.6. The van der Waals surface area contributed by atoms with E-state index in [0.717, 1.165) is 11.0 Å². The molecule has 7 heteroatoms. The molecule has 0 aliphatic heterocycles. The first-order chi connectivity index (χ1) is 12.2. The zero-order chi connectivity index (χ0) is 19.4. The molecule has 2 aromatic carbocycles. The summed E-state index contributed by atoms with van der Waals surface area (Å²) in [6.07, 6.45) is 0. The molecule has 0 spiro atoms. The van der Waals surface area contributed by atoms with Gasteiger partial charge in [0.05, 0.1) is 12.7 Å². The van der Waals surface area contributed by atoms with Gasteiger partial charge in [-0.1, -0.05) is 6.07 Å². The van der Waals surface area contributed by atoms with Crippen LogP contribution in [-0.4, -0.2) is 41.6 Å². The molecule has 0 aromatic heterocycles. The predicted octanol–water partition coefficient (Wildman–Crippen LogP) is 3.58. The van der Waals surface area contributed by atoms with Crippen LogP contribution < -0.4 is 4.74 Å². The summed E-state index contributed by atoms with van der Waals surface area (Å²) in [6.45, 7) is 2.74. The van der Waals surface area contributed by atoms with E-state index in [2.05, 4.69) is 0 Å². The van der Waals surface area contributed by atoms with Crippen LogP contribution in [0.15, 0.2) is 36.4 Å². The molecule has 0 atom stereocenters. The van der Waals surface area contributed by atoms with E-state index >= 15 is 0 Å². The Labute approximate surface area is 149 Å². The second-order valence-corrected chi connectivity index (χ2v) is 5.96. The third-order valence-corrected chi connectivity index (χ3v) is 3.88. The van der Waals surface area contributed by atoms with E-state index in [1.54, 1.807) is 19.9 Å². The molecule has 0 aliphatic rings. The molecular weight excluding hydrogens is 344 g/mol. The average molecular weight is 363 g/mol. The number of hydrogen-bond donors (Lipinski definition) is 1. The largest absolute Gasteiger partial charge is 0.497 e. The molecule has 0 heterocycles. The summed E-state index contributed by atoms with van der Waals surface area (Å²) >= 11 is 0. The Balaban J connectivity index is 2.37. The van der Waals surface area contributed by atoms with Gasteiger partial charge in [-0.25, -0.2) is 8.78 Å². The van der Waals surface area contributed by atoms with Crippen LogP contribution in [0.3, 0.4) is 0 Å². The highest BCUT2D eigenvalue weighted by Gasteiger charge is 2.24. The second kappa shape index (κ2) is 7.95. The van der Waals surface area contributed by atoms with Gasteiger partial charge in [-0.05, 0) is 43.7 Å². The van der Waals surface area contributed by atoms with Crippen LogP contribution in [0.5, 0.6) is 5.75 Å². The van der Waals surface area contributed by atoms with Gasteiger partial charge < -0.3 is 14.7 Å². The van der Waals surface area contributed by atoms with Gasteiger partial charge in [0.1, 0.15) is 23.9 Å². The predicted molar refractivity (Wildman–Crippen MR) is 92.2 cm³/mol. The fourth-order valence-corrected chi connectivity index (χ4v) is 2.50. The molecule has 0 saturated carbocycles. The maximum absolute atomic E-state index is 14.5. The summed E-state index contributed by atoms with van der Waals surface area (Å²) in [4.78, 5) is 24.4. The first-order valence-corrected chi connectivity index (χ1v) is 7.90. The SMILES string of the molecule is COc1ccc(-c2ccc(C(=O)N(CC(=O)O)C(C)C)c(F)c2)c(F)c1. The minimum absolute atomic E-state index is 0.162. The summed E-state index contributed by atoms with van der Waals surface area (Å²) in [7, 11) is 1.41. The third-order valence-electron chi connectivity index (χ3n) is 3.88. The first-order valence-electron chi connectivity index (χ1n) is 7.90. The Morgan fingerprint density at radius 2 is 1.81 bits per heavy atom. The molecular formula is C19H19F2NO4. The van der Waals surface area contributed by atoms with Crippen LogP contribution >= 0.6 is 0 Å². The Hall–Kier alpha value is -2.96. The number of amides is 1. The number of hydrogen-bond acceptors (Lipinski definition) is 3. The van der Waals surface area contributed by atoms with Crippen molar-refractivity contribution in [3.05, 3.63) is 53.6 Å². The topological polar surface area (TPSA) is 66.8 Å². The van der Waals surface area contributed by atoms with Crippen LogP contribution in [0.1, 0.15) is 24.2 Å². The van der Waals surface area contributed by atoms with Crippen molar-refractivity contribution in [2.75, 3.05) is 13.7 Å². The van der Waals surface area contributed by atoms with E-state index in [9.17, 15) is 18.4 Å². The summed E-state index contributed by atoms with van der Waals surface area (Å²) in [6, 6.07) is 7.46. The number of carboxylic acids is 1. The van der Waals surface area contributed by atoms with E-state index in [4.69, 9.17) is 9.84 Å². The molecule has 26 heavy (non-hydrogen) atoms. The van der Waals surface area contributed by atoms with Gasteiger partial charge in [-0.3, -0.25) is 9.59 Å². The second-order valence-electron chi connectivity index (χ2n) is 5.96. The van der Waals surface area contributed by atoms with E-state index in [-0.39, 0.29) is 16.7 Å². The number of nitrogens with zero attached hydrogens (tertiary/aromatic N) is 1. The lowest BCUT2D eigenvalue weighted by atomic mass is 10.0. The minimum Gasteiger partial charge on any atom is -0.497 e. The van der Waals surface area contributed by atoms with Crippen molar-refractivity contribution in [3.63, 3.8) is 0 Å². The molecule has 0 fully saturated rings. The van der Waals surface area contributed by atoms with Crippen LogP contribution in [0, 0.1) is 11.6 Å². The highest BCUT2D eigenvalue weighted by atomic mass is 19.1. The van der Waals surface area contributed by atoms with Crippen molar-refractivity contribution in [1.82, 2.24) is 4.90 Å². The van der Waals surface area contributed by atoms with E-state index in [1.807, 2.05) is 0 Å². The lowest BCUT2D eigenvalue weighted by Gasteiger charge is -2.25. The van der Waals surface area contributed by atoms with Crippen molar-refractivity contribution in [3.8, 4) is 16.9 Å². The van der Waals surface area contributed by atoms with Gasteiger partial charge in [0.15, 0.2) is 0 Å².